The molecule has 0 fully saturated rings. The maximum atomic E-state index is 13.6. The first kappa shape index (κ1) is 13.5. The van der Waals surface area contributed by atoms with Gasteiger partial charge in [-0.3, -0.25) is 0 Å². The van der Waals surface area contributed by atoms with E-state index in [1.807, 2.05) is 6.07 Å². The Balaban J connectivity index is 2.97. The van der Waals surface area contributed by atoms with Gasteiger partial charge in [-0.25, -0.2) is 4.39 Å². The van der Waals surface area contributed by atoms with Gasteiger partial charge in [-0.2, -0.15) is 5.26 Å². The number of halogens is 1. The third-order valence-electron chi connectivity index (χ3n) is 2.96. The van der Waals surface area contributed by atoms with Crippen LogP contribution in [0, 0.1) is 24.1 Å². The molecule has 0 heterocycles. The van der Waals surface area contributed by atoms with E-state index in [0.717, 1.165) is 24.9 Å². The van der Waals surface area contributed by atoms with E-state index in [1.165, 1.54) is 6.07 Å². The molecule has 2 nitrogen and oxygen atoms in total. The predicted octanol–water partition coefficient (Wildman–Crippen LogP) is 4.00. The minimum Gasteiger partial charge on any atom is -0.382 e. The van der Waals surface area contributed by atoms with Crippen LogP contribution in [0.3, 0.4) is 0 Å². The summed E-state index contributed by atoms with van der Waals surface area (Å²) in [6, 6.07) is 5.32. The van der Waals surface area contributed by atoms with E-state index in [4.69, 9.17) is 5.26 Å². The number of nitrogens with one attached hydrogen (secondary N) is 1. The third-order valence-corrected chi connectivity index (χ3v) is 2.96. The highest BCUT2D eigenvalue weighted by Gasteiger charge is 2.10. The lowest BCUT2D eigenvalue weighted by molar-refractivity contribution is 0.608. The molecule has 1 N–H and O–H groups in total. The summed E-state index contributed by atoms with van der Waals surface area (Å²) in [6.45, 7) is 5.97. The lowest BCUT2D eigenvalue weighted by Gasteiger charge is -2.19. The smallest absolute Gasteiger partial charge is 0.129 e. The van der Waals surface area contributed by atoms with Gasteiger partial charge in [0.1, 0.15) is 5.82 Å². The SMILES string of the molecule is CCCC(CC)Nc1cc(C#N)cc(F)c1C. The molecule has 17 heavy (non-hydrogen) atoms. The maximum Gasteiger partial charge on any atom is 0.129 e. The normalized spacial score (nSPS) is 11.9. The molecule has 0 saturated heterocycles. The molecular formula is C14H19FN2. The molecular weight excluding hydrogens is 215 g/mol. The van der Waals surface area contributed by atoms with E-state index < -0.39 is 0 Å². The molecule has 1 unspecified atom stereocenters. The summed E-state index contributed by atoms with van der Waals surface area (Å²) in [5.41, 5.74) is 1.68. The zero-order chi connectivity index (χ0) is 12.8. The van der Waals surface area contributed by atoms with E-state index in [9.17, 15) is 4.39 Å². The molecule has 1 rings (SSSR count). The first-order chi connectivity index (χ1) is 8.12. The fourth-order valence-electron chi connectivity index (χ4n) is 1.84. The highest BCUT2D eigenvalue weighted by Crippen LogP contribution is 2.22. The van der Waals surface area contributed by atoms with Crippen molar-refractivity contribution in [3.8, 4) is 6.07 Å². The molecule has 0 aliphatic heterocycles. The fraction of sp³-hybridized carbons (Fsp3) is 0.500. The molecule has 1 aromatic rings. The van der Waals surface area contributed by atoms with E-state index in [-0.39, 0.29) is 5.82 Å². The molecule has 0 aromatic heterocycles. The Bertz CT molecular complexity index is 421. The quantitative estimate of drug-likeness (QED) is 0.836. The van der Waals surface area contributed by atoms with Crippen LogP contribution in [0.15, 0.2) is 12.1 Å². The Morgan fingerprint density at radius 2 is 2.12 bits per heavy atom. The van der Waals surface area contributed by atoms with Crippen LogP contribution < -0.4 is 5.32 Å². The summed E-state index contributed by atoms with van der Waals surface area (Å²) < 4.78 is 13.6. The van der Waals surface area contributed by atoms with Crippen molar-refractivity contribution in [2.75, 3.05) is 5.32 Å². The maximum absolute atomic E-state index is 13.6. The summed E-state index contributed by atoms with van der Waals surface area (Å²) in [6.07, 6.45) is 3.13. The molecule has 0 spiro atoms. The summed E-state index contributed by atoms with van der Waals surface area (Å²) in [4.78, 5) is 0. The molecule has 0 bridgehead atoms. The van der Waals surface area contributed by atoms with Crippen molar-refractivity contribution in [1.82, 2.24) is 0 Å². The van der Waals surface area contributed by atoms with Crippen molar-refractivity contribution in [1.29, 1.82) is 5.26 Å². The van der Waals surface area contributed by atoms with Gasteiger partial charge in [0, 0.05) is 17.3 Å². The van der Waals surface area contributed by atoms with Crippen LogP contribution in [0.1, 0.15) is 44.2 Å². The molecule has 92 valence electrons. The fourth-order valence-corrected chi connectivity index (χ4v) is 1.84. The van der Waals surface area contributed by atoms with Crippen LogP contribution in [-0.4, -0.2) is 6.04 Å². The molecule has 1 aromatic carbocycles. The van der Waals surface area contributed by atoms with Gasteiger partial charge < -0.3 is 5.32 Å². The van der Waals surface area contributed by atoms with Crippen molar-refractivity contribution in [2.24, 2.45) is 0 Å². The molecule has 0 radical (unpaired) electrons. The summed E-state index contributed by atoms with van der Waals surface area (Å²) >= 11 is 0. The molecule has 0 aliphatic rings. The zero-order valence-electron chi connectivity index (χ0n) is 10.7. The number of benzene rings is 1. The van der Waals surface area contributed by atoms with Gasteiger partial charge >= 0.3 is 0 Å². The number of nitriles is 1. The van der Waals surface area contributed by atoms with Crippen LogP contribution in [0.5, 0.6) is 0 Å². The number of hydrogen-bond donors (Lipinski definition) is 1. The zero-order valence-corrected chi connectivity index (χ0v) is 10.7. The van der Waals surface area contributed by atoms with Crippen LogP contribution >= 0.6 is 0 Å². The van der Waals surface area contributed by atoms with Crippen LogP contribution in [0.4, 0.5) is 10.1 Å². The van der Waals surface area contributed by atoms with Crippen molar-refractivity contribution < 1.29 is 4.39 Å². The number of anilines is 1. The van der Waals surface area contributed by atoms with Gasteiger partial charge in [-0.05, 0) is 31.9 Å². The molecule has 1 atom stereocenters. The standard InChI is InChI=1S/C14H19FN2/c1-4-6-12(5-2)17-14-8-11(9-16)7-13(15)10(14)3/h7-8,12,17H,4-6H2,1-3H3. The molecule has 3 heteroatoms. The second-order valence-corrected chi connectivity index (χ2v) is 4.28. The molecule has 0 amide bonds. The number of rotatable bonds is 5. The summed E-state index contributed by atoms with van der Waals surface area (Å²) in [7, 11) is 0. The first-order valence-electron chi connectivity index (χ1n) is 6.09. The van der Waals surface area contributed by atoms with E-state index >= 15 is 0 Å². The van der Waals surface area contributed by atoms with Crippen LogP contribution in [0.2, 0.25) is 0 Å². The average molecular weight is 234 g/mol. The molecule has 0 saturated carbocycles. The van der Waals surface area contributed by atoms with Gasteiger partial charge in [0.15, 0.2) is 0 Å². The monoisotopic (exact) mass is 234 g/mol. The summed E-state index contributed by atoms with van der Waals surface area (Å²) in [5.74, 6) is -0.321. The Kier molecular flexibility index (Phi) is 4.96. The Hall–Kier alpha value is -1.56. The predicted molar refractivity (Wildman–Crippen MR) is 68.5 cm³/mol. The topological polar surface area (TPSA) is 35.8 Å². The Morgan fingerprint density at radius 1 is 1.41 bits per heavy atom. The second kappa shape index (κ2) is 6.24. The van der Waals surface area contributed by atoms with Gasteiger partial charge in [-0.15, -0.1) is 0 Å². The lowest BCUT2D eigenvalue weighted by Crippen LogP contribution is -2.19. The van der Waals surface area contributed by atoms with Crippen molar-refractivity contribution in [2.45, 2.75) is 46.1 Å². The van der Waals surface area contributed by atoms with Crippen LogP contribution in [0.25, 0.3) is 0 Å². The Labute approximate surface area is 102 Å². The first-order valence-corrected chi connectivity index (χ1v) is 6.09. The minimum absolute atomic E-state index is 0.321. The lowest BCUT2D eigenvalue weighted by atomic mass is 10.1. The highest BCUT2D eigenvalue weighted by molar-refractivity contribution is 5.56. The summed E-state index contributed by atoms with van der Waals surface area (Å²) in [5, 5.41) is 12.1. The van der Waals surface area contributed by atoms with Gasteiger partial charge in [0.25, 0.3) is 0 Å². The van der Waals surface area contributed by atoms with Crippen molar-refractivity contribution in [3.05, 3.63) is 29.1 Å². The van der Waals surface area contributed by atoms with Gasteiger partial charge in [0.05, 0.1) is 11.6 Å². The second-order valence-electron chi connectivity index (χ2n) is 4.28. The van der Waals surface area contributed by atoms with Gasteiger partial charge in [0.2, 0.25) is 0 Å². The minimum atomic E-state index is -0.321. The largest absolute Gasteiger partial charge is 0.382 e. The number of nitrogens with zero attached hydrogens (tertiary/aromatic N) is 1. The van der Waals surface area contributed by atoms with E-state index in [0.29, 0.717) is 17.2 Å². The van der Waals surface area contributed by atoms with Crippen LogP contribution in [-0.2, 0) is 0 Å². The highest BCUT2D eigenvalue weighted by atomic mass is 19.1. The van der Waals surface area contributed by atoms with Gasteiger partial charge in [-0.1, -0.05) is 20.3 Å². The average Bonchev–Trinajstić information content (AvgIpc) is 2.33. The van der Waals surface area contributed by atoms with E-state index in [2.05, 4.69) is 19.2 Å². The molecule has 0 aliphatic carbocycles. The third kappa shape index (κ3) is 3.45. The van der Waals surface area contributed by atoms with Crippen molar-refractivity contribution >= 4 is 5.69 Å². The number of hydrogen-bond acceptors (Lipinski definition) is 2. The Morgan fingerprint density at radius 3 is 2.65 bits per heavy atom. The van der Waals surface area contributed by atoms with Crippen molar-refractivity contribution in [3.63, 3.8) is 0 Å². The van der Waals surface area contributed by atoms with E-state index in [1.54, 1.807) is 13.0 Å².